The molecular formula is C15H21BrN2. The molecule has 1 aliphatic carbocycles. The van der Waals surface area contributed by atoms with E-state index in [9.17, 15) is 0 Å². The van der Waals surface area contributed by atoms with E-state index in [1.54, 1.807) is 0 Å². The van der Waals surface area contributed by atoms with Crippen LogP contribution in [0.4, 0.5) is 11.4 Å². The molecule has 2 atom stereocenters. The van der Waals surface area contributed by atoms with E-state index in [2.05, 4.69) is 33.0 Å². The zero-order valence-corrected chi connectivity index (χ0v) is 12.3. The van der Waals surface area contributed by atoms with Crippen LogP contribution >= 0.6 is 15.9 Å². The van der Waals surface area contributed by atoms with Gasteiger partial charge in [0.2, 0.25) is 0 Å². The van der Waals surface area contributed by atoms with E-state index in [-0.39, 0.29) is 0 Å². The molecule has 1 saturated heterocycles. The van der Waals surface area contributed by atoms with Gasteiger partial charge in [0.25, 0.3) is 0 Å². The molecule has 2 fully saturated rings. The van der Waals surface area contributed by atoms with Crippen LogP contribution in [0.3, 0.4) is 0 Å². The van der Waals surface area contributed by atoms with Gasteiger partial charge in [-0.05, 0) is 49.8 Å². The van der Waals surface area contributed by atoms with Crippen molar-refractivity contribution in [3.8, 4) is 0 Å². The average Bonchev–Trinajstić information content (AvgIpc) is 2.38. The minimum Gasteiger partial charge on any atom is -0.397 e. The first kappa shape index (κ1) is 12.3. The zero-order valence-electron chi connectivity index (χ0n) is 10.7. The number of benzene rings is 1. The maximum Gasteiger partial charge on any atom is 0.0603 e. The smallest absolute Gasteiger partial charge is 0.0603 e. The molecule has 0 spiro atoms. The van der Waals surface area contributed by atoms with E-state index in [1.165, 1.54) is 50.8 Å². The van der Waals surface area contributed by atoms with E-state index < -0.39 is 0 Å². The Bertz CT molecular complexity index is 431. The summed E-state index contributed by atoms with van der Waals surface area (Å²) in [7, 11) is 0. The van der Waals surface area contributed by atoms with Gasteiger partial charge in [0, 0.05) is 17.1 Å². The molecule has 1 heterocycles. The lowest BCUT2D eigenvalue weighted by molar-refractivity contribution is 0.244. The lowest BCUT2D eigenvalue weighted by Crippen LogP contribution is -2.47. The monoisotopic (exact) mass is 308 g/mol. The number of fused-ring (bicyclic) bond motifs is 1. The van der Waals surface area contributed by atoms with Crippen LogP contribution in [0.5, 0.6) is 0 Å². The van der Waals surface area contributed by atoms with Crippen molar-refractivity contribution >= 4 is 27.3 Å². The predicted octanol–water partition coefficient (Wildman–Crippen LogP) is 4.19. The summed E-state index contributed by atoms with van der Waals surface area (Å²) in [4.78, 5) is 2.58. The summed E-state index contributed by atoms with van der Waals surface area (Å²) in [6.45, 7) is 1.17. The number of hydrogen-bond donors (Lipinski definition) is 1. The molecule has 2 aliphatic rings. The summed E-state index contributed by atoms with van der Waals surface area (Å²) in [6.07, 6.45) is 8.30. The Kier molecular flexibility index (Phi) is 3.51. The topological polar surface area (TPSA) is 29.3 Å². The molecule has 2 nitrogen and oxygen atoms in total. The third kappa shape index (κ3) is 2.25. The third-order valence-electron chi connectivity index (χ3n) is 4.54. The van der Waals surface area contributed by atoms with Crippen molar-refractivity contribution in [1.29, 1.82) is 0 Å². The molecule has 18 heavy (non-hydrogen) atoms. The number of halogens is 1. The molecule has 3 heteroatoms. The van der Waals surface area contributed by atoms with Gasteiger partial charge < -0.3 is 10.6 Å². The van der Waals surface area contributed by atoms with Gasteiger partial charge in [-0.25, -0.2) is 0 Å². The SMILES string of the molecule is Nc1cc(Br)ccc1N1CCC[C@H]2CCCC[C@H]21. The van der Waals surface area contributed by atoms with Gasteiger partial charge >= 0.3 is 0 Å². The van der Waals surface area contributed by atoms with Crippen molar-refractivity contribution in [3.63, 3.8) is 0 Å². The minimum absolute atomic E-state index is 0.732. The number of nitrogens with zero attached hydrogens (tertiary/aromatic N) is 1. The normalized spacial score (nSPS) is 27.9. The second kappa shape index (κ2) is 5.12. The molecule has 0 aromatic heterocycles. The van der Waals surface area contributed by atoms with Crippen LogP contribution in [0.1, 0.15) is 38.5 Å². The van der Waals surface area contributed by atoms with Crippen LogP contribution in [-0.2, 0) is 0 Å². The van der Waals surface area contributed by atoms with Gasteiger partial charge in [0.15, 0.2) is 0 Å². The Balaban J connectivity index is 1.89. The van der Waals surface area contributed by atoms with Gasteiger partial charge in [-0.2, -0.15) is 0 Å². The summed E-state index contributed by atoms with van der Waals surface area (Å²) >= 11 is 3.49. The van der Waals surface area contributed by atoms with Crippen LogP contribution in [0.15, 0.2) is 22.7 Å². The maximum atomic E-state index is 6.20. The molecule has 0 radical (unpaired) electrons. The van der Waals surface area contributed by atoms with Crippen molar-refractivity contribution in [3.05, 3.63) is 22.7 Å². The van der Waals surface area contributed by atoms with Gasteiger partial charge in [-0.15, -0.1) is 0 Å². The van der Waals surface area contributed by atoms with Crippen molar-refractivity contribution < 1.29 is 0 Å². The summed E-state index contributed by atoms with van der Waals surface area (Å²) in [5.41, 5.74) is 8.36. The number of piperidine rings is 1. The highest BCUT2D eigenvalue weighted by Gasteiger charge is 2.33. The first-order valence-electron chi connectivity index (χ1n) is 7.07. The highest BCUT2D eigenvalue weighted by Crippen LogP contribution is 2.39. The van der Waals surface area contributed by atoms with Crippen molar-refractivity contribution in [1.82, 2.24) is 0 Å². The fourth-order valence-electron chi connectivity index (χ4n) is 3.71. The van der Waals surface area contributed by atoms with E-state index in [1.807, 2.05) is 6.07 Å². The molecule has 2 N–H and O–H groups in total. The van der Waals surface area contributed by atoms with E-state index in [0.717, 1.165) is 22.1 Å². The average molecular weight is 309 g/mol. The molecule has 98 valence electrons. The lowest BCUT2D eigenvalue weighted by atomic mass is 9.78. The van der Waals surface area contributed by atoms with E-state index in [4.69, 9.17) is 5.73 Å². The molecular weight excluding hydrogens is 288 g/mol. The molecule has 0 amide bonds. The Morgan fingerprint density at radius 1 is 1.11 bits per heavy atom. The van der Waals surface area contributed by atoms with Crippen molar-refractivity contribution in [2.24, 2.45) is 5.92 Å². The Morgan fingerprint density at radius 2 is 1.89 bits per heavy atom. The molecule has 0 bridgehead atoms. The summed E-state index contributed by atoms with van der Waals surface area (Å²) < 4.78 is 1.07. The zero-order chi connectivity index (χ0) is 12.5. The number of nitrogen functional groups attached to an aromatic ring is 1. The van der Waals surface area contributed by atoms with E-state index >= 15 is 0 Å². The molecule has 1 aromatic carbocycles. The molecule has 1 aliphatic heterocycles. The highest BCUT2D eigenvalue weighted by atomic mass is 79.9. The first-order valence-corrected chi connectivity index (χ1v) is 7.86. The van der Waals surface area contributed by atoms with Crippen LogP contribution in [0.2, 0.25) is 0 Å². The van der Waals surface area contributed by atoms with Gasteiger partial charge in [0.05, 0.1) is 11.4 Å². The number of nitrogens with two attached hydrogens (primary N) is 1. The number of rotatable bonds is 1. The van der Waals surface area contributed by atoms with Crippen molar-refractivity contribution in [2.75, 3.05) is 17.2 Å². The van der Waals surface area contributed by atoms with E-state index in [0.29, 0.717) is 0 Å². The fraction of sp³-hybridized carbons (Fsp3) is 0.600. The molecule has 1 saturated carbocycles. The molecule has 1 aromatic rings. The van der Waals surface area contributed by atoms with Crippen LogP contribution in [-0.4, -0.2) is 12.6 Å². The summed E-state index contributed by atoms with van der Waals surface area (Å²) in [6, 6.07) is 7.05. The van der Waals surface area contributed by atoms with Gasteiger partial charge in [-0.3, -0.25) is 0 Å². The fourth-order valence-corrected chi connectivity index (χ4v) is 4.09. The number of hydrogen-bond acceptors (Lipinski definition) is 2. The maximum absolute atomic E-state index is 6.20. The highest BCUT2D eigenvalue weighted by molar-refractivity contribution is 9.10. The molecule has 3 rings (SSSR count). The Morgan fingerprint density at radius 3 is 2.72 bits per heavy atom. The standard InChI is InChI=1S/C15H21BrN2/c16-12-7-8-15(13(17)10-12)18-9-3-5-11-4-1-2-6-14(11)18/h7-8,10-11,14H,1-6,9,17H2/t11-,14-/m1/s1. The van der Waals surface area contributed by atoms with Crippen LogP contribution in [0, 0.1) is 5.92 Å². The van der Waals surface area contributed by atoms with Crippen LogP contribution < -0.4 is 10.6 Å². The second-order valence-corrected chi connectivity index (χ2v) is 6.57. The summed E-state index contributed by atoms with van der Waals surface area (Å²) in [5, 5.41) is 0. The quantitative estimate of drug-likeness (QED) is 0.788. The van der Waals surface area contributed by atoms with Crippen molar-refractivity contribution in [2.45, 2.75) is 44.6 Å². The third-order valence-corrected chi connectivity index (χ3v) is 5.04. The molecule has 0 unspecified atom stereocenters. The predicted molar refractivity (Wildman–Crippen MR) is 80.9 cm³/mol. The lowest BCUT2D eigenvalue weighted by Gasteiger charge is -2.45. The van der Waals surface area contributed by atoms with Gasteiger partial charge in [0.1, 0.15) is 0 Å². The Hall–Kier alpha value is -0.700. The second-order valence-electron chi connectivity index (χ2n) is 5.65. The summed E-state index contributed by atoms with van der Waals surface area (Å²) in [5.74, 6) is 0.899. The van der Waals surface area contributed by atoms with Crippen LogP contribution in [0.25, 0.3) is 0 Å². The largest absolute Gasteiger partial charge is 0.397 e. The number of anilines is 2. The Labute approximate surface area is 118 Å². The first-order chi connectivity index (χ1) is 8.75. The van der Waals surface area contributed by atoms with Gasteiger partial charge in [-0.1, -0.05) is 28.8 Å². The minimum atomic E-state index is 0.732.